The van der Waals surface area contributed by atoms with Crippen molar-refractivity contribution < 1.29 is 17.9 Å². The molecule has 0 saturated heterocycles. The summed E-state index contributed by atoms with van der Waals surface area (Å²) in [5, 5.41) is 0. The zero-order chi connectivity index (χ0) is 14.6. The van der Waals surface area contributed by atoms with Crippen LogP contribution in [-0.2, 0) is 19.6 Å². The molecule has 19 heavy (non-hydrogen) atoms. The SMILES string of the molecule is COC(=O)CCN(C)S(=O)(=O)c1ccc(N)c(C)c1. The molecule has 0 unspecified atom stereocenters. The summed E-state index contributed by atoms with van der Waals surface area (Å²) in [5.74, 6) is -0.449. The Labute approximate surface area is 113 Å². The minimum atomic E-state index is -3.61. The Bertz CT molecular complexity index is 569. The average molecular weight is 286 g/mol. The number of carbonyl (C=O) groups excluding carboxylic acids is 1. The third-order valence-electron chi connectivity index (χ3n) is 2.81. The van der Waals surface area contributed by atoms with Crippen LogP contribution < -0.4 is 5.73 Å². The van der Waals surface area contributed by atoms with Gasteiger partial charge in [-0.1, -0.05) is 0 Å². The van der Waals surface area contributed by atoms with E-state index in [1.54, 1.807) is 13.0 Å². The minimum absolute atomic E-state index is 0.0141. The Morgan fingerprint density at radius 1 is 1.42 bits per heavy atom. The number of ether oxygens (including phenoxy) is 1. The van der Waals surface area contributed by atoms with Crippen molar-refractivity contribution in [3.63, 3.8) is 0 Å². The van der Waals surface area contributed by atoms with Crippen LogP contribution in [0.15, 0.2) is 23.1 Å². The highest BCUT2D eigenvalue weighted by molar-refractivity contribution is 7.89. The van der Waals surface area contributed by atoms with Gasteiger partial charge in [0, 0.05) is 19.3 Å². The molecule has 7 heteroatoms. The molecular formula is C12H18N2O4S. The molecule has 0 fully saturated rings. The smallest absolute Gasteiger partial charge is 0.306 e. The Morgan fingerprint density at radius 3 is 2.58 bits per heavy atom. The Morgan fingerprint density at radius 2 is 2.05 bits per heavy atom. The standard InChI is InChI=1S/C12H18N2O4S/c1-9-8-10(4-5-11(9)13)19(16,17)14(2)7-6-12(15)18-3/h4-5,8H,6-7,13H2,1-3H3. The highest BCUT2D eigenvalue weighted by Gasteiger charge is 2.21. The van der Waals surface area contributed by atoms with Gasteiger partial charge in [-0.25, -0.2) is 12.7 Å². The van der Waals surface area contributed by atoms with Crippen molar-refractivity contribution in [2.24, 2.45) is 0 Å². The summed E-state index contributed by atoms with van der Waals surface area (Å²) in [6.07, 6.45) is 0.0141. The number of anilines is 1. The first-order chi connectivity index (χ1) is 8.78. The number of carbonyl (C=O) groups is 1. The minimum Gasteiger partial charge on any atom is -0.469 e. The topological polar surface area (TPSA) is 89.7 Å². The molecule has 0 spiro atoms. The molecule has 0 amide bonds. The van der Waals surface area contributed by atoms with Gasteiger partial charge < -0.3 is 10.5 Å². The summed E-state index contributed by atoms with van der Waals surface area (Å²) in [5.41, 5.74) is 6.89. The molecule has 0 heterocycles. The number of sulfonamides is 1. The van der Waals surface area contributed by atoms with Gasteiger partial charge in [0.1, 0.15) is 0 Å². The number of rotatable bonds is 5. The van der Waals surface area contributed by atoms with E-state index in [1.807, 2.05) is 0 Å². The van der Waals surface area contributed by atoms with Crippen LogP contribution in [0.2, 0.25) is 0 Å². The molecule has 0 aromatic heterocycles. The Kier molecular flexibility index (Phi) is 4.90. The second-order valence-corrected chi connectivity index (χ2v) is 6.22. The zero-order valence-corrected chi connectivity index (χ0v) is 12.0. The van der Waals surface area contributed by atoms with E-state index in [1.165, 1.54) is 26.3 Å². The maximum absolute atomic E-state index is 12.2. The van der Waals surface area contributed by atoms with Gasteiger partial charge >= 0.3 is 5.97 Å². The van der Waals surface area contributed by atoms with Crippen LogP contribution in [0.4, 0.5) is 5.69 Å². The van der Waals surface area contributed by atoms with Gasteiger partial charge in [-0.2, -0.15) is 0 Å². The maximum atomic E-state index is 12.2. The van der Waals surface area contributed by atoms with Crippen LogP contribution in [0, 0.1) is 6.92 Å². The number of nitrogens with two attached hydrogens (primary N) is 1. The van der Waals surface area contributed by atoms with E-state index in [0.717, 1.165) is 4.31 Å². The lowest BCUT2D eigenvalue weighted by molar-refractivity contribution is -0.140. The average Bonchev–Trinajstić information content (AvgIpc) is 2.38. The third kappa shape index (κ3) is 3.68. The number of hydrogen-bond acceptors (Lipinski definition) is 5. The van der Waals surface area contributed by atoms with E-state index in [2.05, 4.69) is 4.74 Å². The first kappa shape index (κ1) is 15.5. The Balaban J connectivity index is 2.90. The normalized spacial score (nSPS) is 11.6. The lowest BCUT2D eigenvalue weighted by Gasteiger charge is -2.17. The molecule has 0 atom stereocenters. The largest absolute Gasteiger partial charge is 0.469 e. The molecule has 6 nitrogen and oxygen atoms in total. The highest BCUT2D eigenvalue weighted by Crippen LogP contribution is 2.19. The van der Waals surface area contributed by atoms with Crippen molar-refractivity contribution in [1.82, 2.24) is 4.31 Å². The van der Waals surface area contributed by atoms with E-state index in [0.29, 0.717) is 11.3 Å². The molecule has 0 bridgehead atoms. The first-order valence-corrected chi connectivity index (χ1v) is 7.12. The predicted octanol–water partition coefficient (Wildman–Crippen LogP) is 0.761. The van der Waals surface area contributed by atoms with Crippen molar-refractivity contribution >= 4 is 21.7 Å². The van der Waals surface area contributed by atoms with Gasteiger partial charge in [-0.15, -0.1) is 0 Å². The highest BCUT2D eigenvalue weighted by atomic mass is 32.2. The molecule has 1 rings (SSSR count). The second-order valence-electron chi connectivity index (χ2n) is 4.17. The molecule has 0 saturated carbocycles. The second kappa shape index (κ2) is 6.03. The number of nitrogens with zero attached hydrogens (tertiary/aromatic N) is 1. The molecule has 0 aliphatic carbocycles. The number of aryl methyl sites for hydroxylation is 1. The van der Waals surface area contributed by atoms with Crippen LogP contribution in [0.5, 0.6) is 0 Å². The first-order valence-electron chi connectivity index (χ1n) is 5.68. The van der Waals surface area contributed by atoms with Crippen molar-refractivity contribution in [3.05, 3.63) is 23.8 Å². The van der Waals surface area contributed by atoms with Crippen LogP contribution in [0.1, 0.15) is 12.0 Å². The zero-order valence-electron chi connectivity index (χ0n) is 11.2. The maximum Gasteiger partial charge on any atom is 0.306 e. The summed E-state index contributed by atoms with van der Waals surface area (Å²) < 4.78 is 30.1. The number of methoxy groups -OCH3 is 1. The Hall–Kier alpha value is -1.60. The lowest BCUT2D eigenvalue weighted by Crippen LogP contribution is -2.29. The van der Waals surface area contributed by atoms with Crippen LogP contribution in [0.25, 0.3) is 0 Å². The molecule has 106 valence electrons. The molecule has 2 N–H and O–H groups in total. The lowest BCUT2D eigenvalue weighted by atomic mass is 10.2. The summed E-state index contributed by atoms with van der Waals surface area (Å²) in [6.45, 7) is 1.81. The van der Waals surface area contributed by atoms with Gasteiger partial charge in [0.2, 0.25) is 10.0 Å². The van der Waals surface area contributed by atoms with E-state index in [4.69, 9.17) is 5.73 Å². The number of benzene rings is 1. The summed E-state index contributed by atoms with van der Waals surface area (Å²) in [4.78, 5) is 11.2. The van der Waals surface area contributed by atoms with Gasteiger partial charge in [0.25, 0.3) is 0 Å². The van der Waals surface area contributed by atoms with E-state index in [9.17, 15) is 13.2 Å². The van der Waals surface area contributed by atoms with Crippen LogP contribution >= 0.6 is 0 Å². The summed E-state index contributed by atoms with van der Waals surface area (Å²) >= 11 is 0. The van der Waals surface area contributed by atoms with Crippen molar-refractivity contribution in [3.8, 4) is 0 Å². The monoisotopic (exact) mass is 286 g/mol. The van der Waals surface area contributed by atoms with E-state index >= 15 is 0 Å². The molecule has 0 aliphatic rings. The van der Waals surface area contributed by atoms with Gasteiger partial charge in [-0.3, -0.25) is 4.79 Å². The van der Waals surface area contributed by atoms with Crippen LogP contribution in [-0.4, -0.2) is 39.4 Å². The third-order valence-corrected chi connectivity index (χ3v) is 4.66. The molecule has 0 aliphatic heterocycles. The van der Waals surface area contributed by atoms with Crippen molar-refractivity contribution in [2.45, 2.75) is 18.2 Å². The van der Waals surface area contributed by atoms with Crippen molar-refractivity contribution in [2.75, 3.05) is 26.4 Å². The molecule has 0 radical (unpaired) electrons. The molecular weight excluding hydrogens is 268 g/mol. The quantitative estimate of drug-likeness (QED) is 0.637. The van der Waals surface area contributed by atoms with Gasteiger partial charge in [0.15, 0.2) is 0 Å². The summed E-state index contributed by atoms with van der Waals surface area (Å²) in [6, 6.07) is 4.52. The molecule has 1 aromatic carbocycles. The van der Waals surface area contributed by atoms with Crippen molar-refractivity contribution in [1.29, 1.82) is 0 Å². The fourth-order valence-corrected chi connectivity index (χ4v) is 2.72. The predicted molar refractivity (Wildman–Crippen MR) is 72.0 cm³/mol. The summed E-state index contributed by atoms with van der Waals surface area (Å²) in [7, 11) is -0.927. The fourth-order valence-electron chi connectivity index (χ4n) is 1.46. The fraction of sp³-hybridized carbons (Fsp3) is 0.417. The van der Waals surface area contributed by atoms with E-state index in [-0.39, 0.29) is 17.9 Å². The van der Waals surface area contributed by atoms with Gasteiger partial charge in [-0.05, 0) is 30.7 Å². The van der Waals surface area contributed by atoms with E-state index < -0.39 is 16.0 Å². The number of hydrogen-bond donors (Lipinski definition) is 1. The molecule has 1 aromatic rings. The van der Waals surface area contributed by atoms with Crippen LogP contribution in [0.3, 0.4) is 0 Å². The number of nitrogen functional groups attached to an aromatic ring is 1. The van der Waals surface area contributed by atoms with Gasteiger partial charge in [0.05, 0.1) is 18.4 Å². The number of esters is 1.